The Kier molecular flexibility index (Phi) is 5.97. The summed E-state index contributed by atoms with van der Waals surface area (Å²) >= 11 is 5.93. The van der Waals surface area contributed by atoms with E-state index in [0.29, 0.717) is 39.5 Å². The summed E-state index contributed by atoms with van der Waals surface area (Å²) in [5.74, 6) is 0.0605. The standard InChI is InChI=1S/C25H19ClFNO4/c1-31-22-11-19-21(12-23(22)32-2)28(13-15-3-9-18(27)10-4-15)14-20(25(19)30)24(29)16-5-7-17(26)8-6-16/h3-12,14H,13H2,1-2H3. The molecule has 0 saturated carbocycles. The quantitative estimate of drug-likeness (QED) is 0.383. The fourth-order valence-corrected chi connectivity index (χ4v) is 3.68. The molecule has 0 amide bonds. The first-order valence-corrected chi connectivity index (χ1v) is 10.1. The van der Waals surface area contributed by atoms with E-state index in [1.165, 1.54) is 32.5 Å². The van der Waals surface area contributed by atoms with Gasteiger partial charge in [0.05, 0.1) is 30.7 Å². The van der Waals surface area contributed by atoms with Gasteiger partial charge in [-0.1, -0.05) is 23.7 Å². The van der Waals surface area contributed by atoms with E-state index in [1.807, 2.05) is 0 Å². The second-order valence-corrected chi connectivity index (χ2v) is 7.62. The molecule has 4 aromatic rings. The molecule has 0 aliphatic heterocycles. The fourth-order valence-electron chi connectivity index (χ4n) is 3.55. The molecular weight excluding hydrogens is 433 g/mol. The van der Waals surface area contributed by atoms with Crippen molar-refractivity contribution in [3.05, 3.63) is 105 Å². The van der Waals surface area contributed by atoms with Crippen molar-refractivity contribution in [2.45, 2.75) is 6.54 Å². The van der Waals surface area contributed by atoms with Gasteiger partial charge in [0.25, 0.3) is 0 Å². The maximum Gasteiger partial charge on any atom is 0.200 e. The van der Waals surface area contributed by atoms with Crippen molar-refractivity contribution in [1.29, 1.82) is 0 Å². The summed E-state index contributed by atoms with van der Waals surface area (Å²) in [7, 11) is 2.98. The Morgan fingerprint density at radius 2 is 1.59 bits per heavy atom. The van der Waals surface area contributed by atoms with Gasteiger partial charge < -0.3 is 14.0 Å². The molecule has 0 N–H and O–H groups in total. The van der Waals surface area contributed by atoms with E-state index in [2.05, 4.69) is 0 Å². The Hall–Kier alpha value is -3.64. The van der Waals surface area contributed by atoms with Crippen LogP contribution in [0.25, 0.3) is 10.9 Å². The lowest BCUT2D eigenvalue weighted by molar-refractivity contribution is 0.103. The summed E-state index contributed by atoms with van der Waals surface area (Å²) in [6.45, 7) is 0.313. The largest absolute Gasteiger partial charge is 0.493 e. The van der Waals surface area contributed by atoms with E-state index >= 15 is 0 Å². The number of benzene rings is 3. The second-order valence-electron chi connectivity index (χ2n) is 7.19. The first-order chi connectivity index (χ1) is 15.4. The zero-order chi connectivity index (χ0) is 22.8. The topological polar surface area (TPSA) is 57.5 Å². The Labute approximate surface area is 188 Å². The zero-order valence-corrected chi connectivity index (χ0v) is 18.2. The predicted molar refractivity (Wildman–Crippen MR) is 122 cm³/mol. The van der Waals surface area contributed by atoms with Gasteiger partial charge in [-0.2, -0.15) is 0 Å². The minimum atomic E-state index is -0.420. The number of rotatable bonds is 6. The molecule has 0 aliphatic rings. The number of nitrogens with zero attached hydrogens (tertiary/aromatic N) is 1. The molecule has 0 saturated heterocycles. The molecular formula is C25H19ClFNO4. The number of aromatic nitrogens is 1. The molecule has 0 fully saturated rings. The van der Waals surface area contributed by atoms with Crippen molar-refractivity contribution in [3.63, 3.8) is 0 Å². The normalized spacial score (nSPS) is 10.9. The highest BCUT2D eigenvalue weighted by atomic mass is 35.5. The Morgan fingerprint density at radius 1 is 0.969 bits per heavy atom. The van der Waals surface area contributed by atoms with Crippen LogP contribution < -0.4 is 14.9 Å². The average Bonchev–Trinajstić information content (AvgIpc) is 2.81. The monoisotopic (exact) mass is 451 g/mol. The smallest absolute Gasteiger partial charge is 0.200 e. The van der Waals surface area contributed by atoms with Crippen LogP contribution in [-0.2, 0) is 6.54 Å². The highest BCUT2D eigenvalue weighted by Gasteiger charge is 2.19. The SMILES string of the molecule is COc1cc2c(=O)c(C(=O)c3ccc(Cl)cc3)cn(Cc3ccc(F)cc3)c2cc1OC. The van der Waals surface area contributed by atoms with Crippen molar-refractivity contribution >= 4 is 28.3 Å². The van der Waals surface area contributed by atoms with Gasteiger partial charge in [-0.3, -0.25) is 9.59 Å². The summed E-state index contributed by atoms with van der Waals surface area (Å²) in [6.07, 6.45) is 1.52. The summed E-state index contributed by atoms with van der Waals surface area (Å²) in [6, 6.07) is 15.6. The molecule has 0 aliphatic carbocycles. The molecule has 1 heterocycles. The molecule has 4 rings (SSSR count). The minimum Gasteiger partial charge on any atom is -0.493 e. The van der Waals surface area contributed by atoms with Crippen molar-refractivity contribution < 1.29 is 18.7 Å². The van der Waals surface area contributed by atoms with Gasteiger partial charge in [-0.05, 0) is 48.0 Å². The molecule has 1 aromatic heterocycles. The molecule has 7 heteroatoms. The molecule has 0 spiro atoms. The molecule has 0 atom stereocenters. The number of carbonyl (C=O) groups excluding carboxylic acids is 1. The fraction of sp³-hybridized carbons (Fsp3) is 0.120. The summed E-state index contributed by atoms with van der Waals surface area (Å²) in [5.41, 5.74) is 1.30. The van der Waals surface area contributed by atoms with E-state index in [1.54, 1.807) is 53.1 Å². The van der Waals surface area contributed by atoms with Gasteiger partial charge in [0.2, 0.25) is 5.43 Å². The van der Waals surface area contributed by atoms with Crippen LogP contribution in [0.1, 0.15) is 21.5 Å². The van der Waals surface area contributed by atoms with Crippen molar-refractivity contribution in [3.8, 4) is 11.5 Å². The highest BCUT2D eigenvalue weighted by molar-refractivity contribution is 6.30. The van der Waals surface area contributed by atoms with Gasteiger partial charge >= 0.3 is 0 Å². The first-order valence-electron chi connectivity index (χ1n) is 9.75. The molecule has 162 valence electrons. The summed E-state index contributed by atoms with van der Waals surface area (Å²) in [4.78, 5) is 26.5. The van der Waals surface area contributed by atoms with Crippen LogP contribution >= 0.6 is 11.6 Å². The lowest BCUT2D eigenvalue weighted by Crippen LogP contribution is -2.20. The van der Waals surface area contributed by atoms with Crippen LogP contribution in [-0.4, -0.2) is 24.6 Å². The number of fused-ring (bicyclic) bond motifs is 1. The zero-order valence-electron chi connectivity index (χ0n) is 17.4. The molecule has 5 nitrogen and oxygen atoms in total. The summed E-state index contributed by atoms with van der Waals surface area (Å²) < 4.78 is 25.9. The van der Waals surface area contributed by atoms with Gasteiger partial charge in [0.1, 0.15) is 5.82 Å². The number of ether oxygens (including phenoxy) is 2. The van der Waals surface area contributed by atoms with Crippen LogP contribution in [0.5, 0.6) is 11.5 Å². The number of methoxy groups -OCH3 is 2. The molecule has 0 unspecified atom stereocenters. The third-order valence-electron chi connectivity index (χ3n) is 5.20. The molecule has 0 bridgehead atoms. The predicted octanol–water partition coefficient (Wildman–Crippen LogP) is 5.09. The van der Waals surface area contributed by atoms with E-state index in [0.717, 1.165) is 5.56 Å². The second kappa shape index (κ2) is 8.85. The Morgan fingerprint density at radius 3 is 2.22 bits per heavy atom. The average molecular weight is 452 g/mol. The van der Waals surface area contributed by atoms with E-state index in [4.69, 9.17) is 21.1 Å². The first kappa shape index (κ1) is 21.6. The van der Waals surface area contributed by atoms with Gasteiger partial charge in [-0.25, -0.2) is 4.39 Å². The van der Waals surface area contributed by atoms with E-state index < -0.39 is 11.2 Å². The van der Waals surface area contributed by atoms with Crippen LogP contribution in [0.2, 0.25) is 5.02 Å². The van der Waals surface area contributed by atoms with Crippen molar-refractivity contribution in [2.24, 2.45) is 0 Å². The number of hydrogen-bond acceptors (Lipinski definition) is 4. The third kappa shape index (κ3) is 4.09. The molecule has 3 aromatic carbocycles. The number of pyridine rings is 1. The lowest BCUT2D eigenvalue weighted by Gasteiger charge is -2.16. The Balaban J connectivity index is 1.95. The maximum atomic E-state index is 13.4. The van der Waals surface area contributed by atoms with Crippen molar-refractivity contribution in [1.82, 2.24) is 4.57 Å². The van der Waals surface area contributed by atoms with Crippen molar-refractivity contribution in [2.75, 3.05) is 14.2 Å². The Bertz CT molecular complexity index is 1360. The lowest BCUT2D eigenvalue weighted by atomic mass is 10.0. The third-order valence-corrected chi connectivity index (χ3v) is 5.45. The highest BCUT2D eigenvalue weighted by Crippen LogP contribution is 2.31. The minimum absolute atomic E-state index is 0.00848. The number of halogens is 2. The number of carbonyl (C=O) groups is 1. The van der Waals surface area contributed by atoms with E-state index in [-0.39, 0.29) is 11.4 Å². The van der Waals surface area contributed by atoms with Crippen LogP contribution in [0.3, 0.4) is 0 Å². The van der Waals surface area contributed by atoms with Gasteiger partial charge in [-0.15, -0.1) is 0 Å². The van der Waals surface area contributed by atoms with Gasteiger partial charge in [0.15, 0.2) is 17.3 Å². The summed E-state index contributed by atoms with van der Waals surface area (Å²) in [5, 5.41) is 0.801. The van der Waals surface area contributed by atoms with Crippen LogP contribution in [0, 0.1) is 5.82 Å². The number of ketones is 1. The van der Waals surface area contributed by atoms with Crippen LogP contribution in [0.4, 0.5) is 4.39 Å². The number of hydrogen-bond donors (Lipinski definition) is 0. The van der Waals surface area contributed by atoms with E-state index in [9.17, 15) is 14.0 Å². The maximum absolute atomic E-state index is 13.4. The molecule has 0 radical (unpaired) electrons. The van der Waals surface area contributed by atoms with Crippen LogP contribution in [0.15, 0.2) is 71.7 Å². The molecule has 32 heavy (non-hydrogen) atoms. The van der Waals surface area contributed by atoms with Gasteiger partial charge in [0, 0.05) is 29.4 Å².